The standard InChI is InChI=1S/C13H14N2O3/c16-13(17)9-2-1-3-10-11(9)15-12(18-10)8-4-6-14-7-5-8/h1-3,8,14H,4-7H2,(H,16,17). The van der Waals surface area contributed by atoms with Gasteiger partial charge in [-0.15, -0.1) is 0 Å². The highest BCUT2D eigenvalue weighted by Gasteiger charge is 2.22. The summed E-state index contributed by atoms with van der Waals surface area (Å²) in [4.78, 5) is 15.5. The zero-order chi connectivity index (χ0) is 12.5. The predicted molar refractivity (Wildman–Crippen MR) is 65.8 cm³/mol. The third kappa shape index (κ3) is 1.86. The number of carbonyl (C=O) groups is 1. The first-order valence-corrected chi connectivity index (χ1v) is 6.09. The second-order valence-electron chi connectivity index (χ2n) is 4.53. The van der Waals surface area contributed by atoms with Gasteiger partial charge >= 0.3 is 5.97 Å². The number of fused-ring (bicyclic) bond motifs is 1. The molecule has 3 rings (SSSR count). The average molecular weight is 246 g/mol. The molecule has 0 radical (unpaired) electrons. The second kappa shape index (κ2) is 4.42. The van der Waals surface area contributed by atoms with Gasteiger partial charge in [0.25, 0.3) is 0 Å². The van der Waals surface area contributed by atoms with E-state index in [1.807, 2.05) is 0 Å². The molecule has 0 atom stereocenters. The summed E-state index contributed by atoms with van der Waals surface area (Å²) in [5, 5.41) is 12.4. The molecule has 0 unspecified atom stereocenters. The van der Waals surface area contributed by atoms with Gasteiger partial charge in [0.05, 0.1) is 5.56 Å². The molecule has 1 aromatic carbocycles. The summed E-state index contributed by atoms with van der Waals surface area (Å²) in [5.41, 5.74) is 1.22. The van der Waals surface area contributed by atoms with Crippen LogP contribution in [0.4, 0.5) is 0 Å². The van der Waals surface area contributed by atoms with E-state index in [0.717, 1.165) is 25.9 Å². The second-order valence-corrected chi connectivity index (χ2v) is 4.53. The predicted octanol–water partition coefficient (Wildman–Crippen LogP) is 1.99. The van der Waals surface area contributed by atoms with E-state index in [1.54, 1.807) is 18.2 Å². The van der Waals surface area contributed by atoms with Gasteiger partial charge in [-0.2, -0.15) is 0 Å². The van der Waals surface area contributed by atoms with E-state index in [-0.39, 0.29) is 5.56 Å². The Hall–Kier alpha value is -1.88. The minimum Gasteiger partial charge on any atom is -0.478 e. The van der Waals surface area contributed by atoms with Crippen molar-refractivity contribution in [1.29, 1.82) is 0 Å². The van der Waals surface area contributed by atoms with Crippen LogP contribution in [0.3, 0.4) is 0 Å². The molecule has 1 aromatic heterocycles. The molecule has 0 bridgehead atoms. The summed E-state index contributed by atoms with van der Waals surface area (Å²) in [6, 6.07) is 5.00. The first-order valence-electron chi connectivity index (χ1n) is 6.09. The van der Waals surface area contributed by atoms with Crippen molar-refractivity contribution in [3.05, 3.63) is 29.7 Å². The van der Waals surface area contributed by atoms with Crippen LogP contribution < -0.4 is 5.32 Å². The average Bonchev–Trinajstić information content (AvgIpc) is 2.83. The van der Waals surface area contributed by atoms with Gasteiger partial charge in [0, 0.05) is 5.92 Å². The molecule has 18 heavy (non-hydrogen) atoms. The number of oxazole rings is 1. The Bertz CT molecular complexity index is 585. The van der Waals surface area contributed by atoms with E-state index in [9.17, 15) is 4.79 Å². The molecular formula is C13H14N2O3. The lowest BCUT2D eigenvalue weighted by Crippen LogP contribution is -2.26. The smallest absolute Gasteiger partial charge is 0.338 e. The number of carboxylic acid groups (broad SMARTS) is 1. The first-order chi connectivity index (χ1) is 8.75. The van der Waals surface area contributed by atoms with Crippen LogP contribution in [0.15, 0.2) is 22.6 Å². The van der Waals surface area contributed by atoms with E-state index >= 15 is 0 Å². The van der Waals surface area contributed by atoms with E-state index in [2.05, 4.69) is 10.3 Å². The summed E-state index contributed by atoms with van der Waals surface area (Å²) in [7, 11) is 0. The van der Waals surface area contributed by atoms with Gasteiger partial charge in [-0.05, 0) is 38.1 Å². The van der Waals surface area contributed by atoms with Crippen molar-refractivity contribution in [3.63, 3.8) is 0 Å². The summed E-state index contributed by atoms with van der Waals surface area (Å²) in [5.74, 6) is -0.00810. The number of benzene rings is 1. The van der Waals surface area contributed by atoms with Crippen LogP contribution in [0.1, 0.15) is 35.0 Å². The van der Waals surface area contributed by atoms with Crippen molar-refractivity contribution in [2.24, 2.45) is 0 Å². The summed E-state index contributed by atoms with van der Waals surface area (Å²) < 4.78 is 5.70. The minimum absolute atomic E-state index is 0.205. The molecule has 5 nitrogen and oxygen atoms in total. The Morgan fingerprint density at radius 1 is 1.39 bits per heavy atom. The lowest BCUT2D eigenvalue weighted by atomic mass is 9.98. The molecule has 2 N–H and O–H groups in total. The molecule has 1 aliphatic rings. The topological polar surface area (TPSA) is 75.4 Å². The number of para-hydroxylation sites is 1. The van der Waals surface area contributed by atoms with Crippen molar-refractivity contribution in [2.75, 3.05) is 13.1 Å². The fourth-order valence-electron chi connectivity index (χ4n) is 2.38. The van der Waals surface area contributed by atoms with E-state index in [4.69, 9.17) is 9.52 Å². The van der Waals surface area contributed by atoms with Crippen LogP contribution in [0.5, 0.6) is 0 Å². The minimum atomic E-state index is -0.967. The summed E-state index contributed by atoms with van der Waals surface area (Å²) in [6.45, 7) is 1.91. The van der Waals surface area contributed by atoms with Crippen LogP contribution in [-0.4, -0.2) is 29.1 Å². The number of rotatable bonds is 2. The molecule has 5 heteroatoms. The van der Waals surface area contributed by atoms with Crippen molar-refractivity contribution in [2.45, 2.75) is 18.8 Å². The number of aromatic carboxylic acids is 1. The van der Waals surface area contributed by atoms with E-state index < -0.39 is 5.97 Å². The molecule has 2 heterocycles. The zero-order valence-electron chi connectivity index (χ0n) is 9.85. The van der Waals surface area contributed by atoms with Gasteiger partial charge in [-0.3, -0.25) is 0 Å². The van der Waals surface area contributed by atoms with Crippen molar-refractivity contribution in [1.82, 2.24) is 10.3 Å². The third-order valence-corrected chi connectivity index (χ3v) is 3.35. The summed E-state index contributed by atoms with van der Waals surface area (Å²) in [6.07, 6.45) is 1.96. The van der Waals surface area contributed by atoms with Gasteiger partial charge in [-0.25, -0.2) is 9.78 Å². The molecule has 0 aliphatic carbocycles. The Morgan fingerprint density at radius 2 is 2.17 bits per heavy atom. The van der Waals surface area contributed by atoms with Crippen LogP contribution in [0.25, 0.3) is 11.1 Å². The molecular weight excluding hydrogens is 232 g/mol. The highest BCUT2D eigenvalue weighted by Crippen LogP contribution is 2.29. The third-order valence-electron chi connectivity index (χ3n) is 3.35. The Morgan fingerprint density at radius 3 is 2.89 bits per heavy atom. The van der Waals surface area contributed by atoms with Crippen LogP contribution in [0, 0.1) is 0 Å². The maximum atomic E-state index is 11.1. The van der Waals surface area contributed by atoms with Gasteiger partial charge < -0.3 is 14.8 Å². The maximum Gasteiger partial charge on any atom is 0.338 e. The SMILES string of the molecule is O=C(O)c1cccc2oc(C3CCNCC3)nc12. The Labute approximate surface area is 104 Å². The fourth-order valence-corrected chi connectivity index (χ4v) is 2.38. The van der Waals surface area contributed by atoms with Gasteiger partial charge in [0.15, 0.2) is 11.5 Å². The highest BCUT2D eigenvalue weighted by molar-refractivity contribution is 6.00. The first kappa shape index (κ1) is 11.2. The lowest BCUT2D eigenvalue weighted by Gasteiger charge is -2.19. The van der Waals surface area contributed by atoms with Crippen molar-refractivity contribution < 1.29 is 14.3 Å². The van der Waals surface area contributed by atoms with Crippen LogP contribution in [-0.2, 0) is 0 Å². The van der Waals surface area contributed by atoms with Crippen molar-refractivity contribution >= 4 is 17.1 Å². The number of nitrogens with one attached hydrogen (secondary N) is 1. The van der Waals surface area contributed by atoms with Gasteiger partial charge in [0.2, 0.25) is 0 Å². The number of nitrogens with zero attached hydrogens (tertiary/aromatic N) is 1. The Balaban J connectivity index is 2.04. The fraction of sp³-hybridized carbons (Fsp3) is 0.385. The number of hydrogen-bond donors (Lipinski definition) is 2. The zero-order valence-corrected chi connectivity index (χ0v) is 9.85. The van der Waals surface area contributed by atoms with Crippen LogP contribution in [0.2, 0.25) is 0 Å². The normalized spacial score (nSPS) is 17.1. The van der Waals surface area contributed by atoms with Gasteiger partial charge in [-0.1, -0.05) is 6.07 Å². The number of carboxylic acids is 1. The van der Waals surface area contributed by atoms with E-state index in [0.29, 0.717) is 22.9 Å². The molecule has 94 valence electrons. The lowest BCUT2D eigenvalue weighted by molar-refractivity contribution is 0.0699. The number of piperidine rings is 1. The summed E-state index contributed by atoms with van der Waals surface area (Å²) >= 11 is 0. The highest BCUT2D eigenvalue weighted by atomic mass is 16.4. The monoisotopic (exact) mass is 246 g/mol. The Kier molecular flexibility index (Phi) is 2.76. The molecule has 2 aromatic rings. The molecule has 1 aliphatic heterocycles. The number of aromatic nitrogens is 1. The number of hydrogen-bond acceptors (Lipinski definition) is 4. The van der Waals surface area contributed by atoms with Gasteiger partial charge in [0.1, 0.15) is 5.52 Å². The molecule has 0 amide bonds. The van der Waals surface area contributed by atoms with Crippen LogP contribution >= 0.6 is 0 Å². The quantitative estimate of drug-likeness (QED) is 0.847. The maximum absolute atomic E-state index is 11.1. The van der Waals surface area contributed by atoms with E-state index in [1.165, 1.54) is 0 Å². The molecule has 0 saturated carbocycles. The molecule has 1 fully saturated rings. The largest absolute Gasteiger partial charge is 0.478 e. The van der Waals surface area contributed by atoms with Crippen molar-refractivity contribution in [3.8, 4) is 0 Å². The molecule has 1 saturated heterocycles. The molecule has 0 spiro atoms.